The average Bonchev–Trinajstić information content (AvgIpc) is 2.87. The number of nitrogens with zero attached hydrogens (tertiary/aromatic N) is 4. The quantitative estimate of drug-likeness (QED) is 0.471. The number of hydrogen-bond acceptors (Lipinski definition) is 8. The van der Waals surface area contributed by atoms with Crippen LogP contribution < -0.4 is 20.9 Å². The predicted octanol–water partition coefficient (Wildman–Crippen LogP) is -0.625. The van der Waals surface area contributed by atoms with Gasteiger partial charge in [-0.3, -0.25) is 5.43 Å². The van der Waals surface area contributed by atoms with Gasteiger partial charge in [0.1, 0.15) is 0 Å². The van der Waals surface area contributed by atoms with E-state index in [0.717, 1.165) is 19.5 Å². The van der Waals surface area contributed by atoms with E-state index in [9.17, 15) is 0 Å². The highest BCUT2D eigenvalue weighted by Gasteiger charge is 2.24. The minimum absolute atomic E-state index is 0.182. The Kier molecular flexibility index (Phi) is 4.11. The number of nitrogens with one attached hydrogen (secondary N) is 1. The van der Waals surface area contributed by atoms with Gasteiger partial charge in [0.05, 0.1) is 6.61 Å². The smallest absolute Gasteiger partial charge is 0.323 e. The van der Waals surface area contributed by atoms with Gasteiger partial charge in [0.25, 0.3) is 0 Å². The lowest BCUT2D eigenvalue weighted by molar-refractivity contribution is 0.238. The van der Waals surface area contributed by atoms with Crippen molar-refractivity contribution in [3.63, 3.8) is 0 Å². The molecular formula is C10H18N6O2. The van der Waals surface area contributed by atoms with E-state index in [2.05, 4.69) is 20.4 Å². The molecule has 2 heterocycles. The normalized spacial score (nSPS) is 19.1. The summed E-state index contributed by atoms with van der Waals surface area (Å²) in [5.41, 5.74) is 2.40. The first kappa shape index (κ1) is 12.8. The third-order valence-electron chi connectivity index (χ3n) is 2.83. The molecule has 0 saturated carbocycles. The zero-order valence-corrected chi connectivity index (χ0v) is 10.3. The van der Waals surface area contributed by atoms with Crippen molar-refractivity contribution in [2.24, 2.45) is 11.8 Å². The summed E-state index contributed by atoms with van der Waals surface area (Å²) in [6, 6.07) is 0.253. The minimum atomic E-state index is 0.182. The lowest BCUT2D eigenvalue weighted by Gasteiger charge is -2.16. The Morgan fingerprint density at radius 3 is 2.94 bits per heavy atom. The van der Waals surface area contributed by atoms with Crippen LogP contribution in [0.15, 0.2) is 0 Å². The summed E-state index contributed by atoms with van der Waals surface area (Å²) in [5.74, 6) is 6.39. The van der Waals surface area contributed by atoms with Gasteiger partial charge in [-0.05, 0) is 13.3 Å². The van der Waals surface area contributed by atoms with Crippen molar-refractivity contribution in [3.05, 3.63) is 0 Å². The molecule has 100 valence electrons. The predicted molar refractivity (Wildman–Crippen MR) is 66.2 cm³/mol. The third-order valence-corrected chi connectivity index (χ3v) is 2.83. The third kappa shape index (κ3) is 2.77. The molecular weight excluding hydrogens is 236 g/mol. The zero-order chi connectivity index (χ0) is 13.0. The molecule has 8 nitrogen and oxygen atoms in total. The van der Waals surface area contributed by atoms with E-state index < -0.39 is 0 Å². The maximum Gasteiger partial charge on any atom is 0.323 e. The molecule has 1 aromatic heterocycles. The van der Waals surface area contributed by atoms with Crippen LogP contribution in [0, 0.1) is 5.92 Å². The molecule has 1 aliphatic heterocycles. The molecule has 1 aromatic rings. The topological polar surface area (TPSA) is 109 Å². The SMILES string of the molecule is CCOc1nc(NN)nc(N2CCC(CO)C2)n1. The molecule has 1 saturated heterocycles. The first-order valence-corrected chi connectivity index (χ1v) is 5.98. The minimum Gasteiger partial charge on any atom is -0.464 e. The van der Waals surface area contributed by atoms with Gasteiger partial charge in [-0.2, -0.15) is 15.0 Å². The number of ether oxygens (including phenoxy) is 1. The van der Waals surface area contributed by atoms with Crippen molar-refractivity contribution in [2.75, 3.05) is 36.6 Å². The van der Waals surface area contributed by atoms with Crippen molar-refractivity contribution < 1.29 is 9.84 Å². The van der Waals surface area contributed by atoms with Crippen LogP contribution >= 0.6 is 0 Å². The van der Waals surface area contributed by atoms with Gasteiger partial charge in [0.2, 0.25) is 11.9 Å². The van der Waals surface area contributed by atoms with Gasteiger partial charge >= 0.3 is 6.01 Å². The fourth-order valence-corrected chi connectivity index (χ4v) is 1.91. The van der Waals surface area contributed by atoms with E-state index in [4.69, 9.17) is 15.7 Å². The van der Waals surface area contributed by atoms with Gasteiger partial charge in [-0.25, -0.2) is 5.84 Å². The summed E-state index contributed by atoms with van der Waals surface area (Å²) in [7, 11) is 0. The second kappa shape index (κ2) is 5.78. The molecule has 1 unspecified atom stereocenters. The molecule has 0 amide bonds. The summed E-state index contributed by atoms with van der Waals surface area (Å²) in [6.45, 7) is 4.06. The van der Waals surface area contributed by atoms with Crippen molar-refractivity contribution in [1.29, 1.82) is 0 Å². The number of anilines is 2. The fraction of sp³-hybridized carbons (Fsp3) is 0.700. The maximum atomic E-state index is 9.13. The van der Waals surface area contributed by atoms with Crippen LogP contribution in [0.25, 0.3) is 0 Å². The molecule has 8 heteroatoms. The molecule has 0 radical (unpaired) electrons. The molecule has 0 bridgehead atoms. The van der Waals surface area contributed by atoms with E-state index >= 15 is 0 Å². The second-order valence-electron chi connectivity index (χ2n) is 4.10. The number of aromatic nitrogens is 3. The van der Waals surface area contributed by atoms with Crippen molar-refractivity contribution >= 4 is 11.9 Å². The lowest BCUT2D eigenvalue weighted by Crippen LogP contribution is -2.24. The molecule has 18 heavy (non-hydrogen) atoms. The number of nitrogen functional groups attached to an aromatic ring is 1. The summed E-state index contributed by atoms with van der Waals surface area (Å²) in [5, 5.41) is 9.13. The number of aliphatic hydroxyl groups is 1. The van der Waals surface area contributed by atoms with E-state index in [0.29, 0.717) is 12.6 Å². The Hall–Kier alpha value is -1.67. The molecule has 0 aromatic carbocycles. The van der Waals surface area contributed by atoms with Crippen LogP contribution in [0.1, 0.15) is 13.3 Å². The molecule has 1 atom stereocenters. The molecule has 1 aliphatic rings. The lowest BCUT2D eigenvalue weighted by atomic mass is 10.1. The van der Waals surface area contributed by atoms with Crippen LogP contribution in [0.3, 0.4) is 0 Å². The second-order valence-corrected chi connectivity index (χ2v) is 4.10. The van der Waals surface area contributed by atoms with Gasteiger partial charge < -0.3 is 14.7 Å². The summed E-state index contributed by atoms with van der Waals surface area (Å²) >= 11 is 0. The number of aliphatic hydroxyl groups excluding tert-OH is 1. The van der Waals surface area contributed by atoms with E-state index in [-0.39, 0.29) is 24.5 Å². The van der Waals surface area contributed by atoms with Gasteiger partial charge in [0.15, 0.2) is 0 Å². The number of hydrogen-bond donors (Lipinski definition) is 3. The molecule has 1 fully saturated rings. The Balaban J connectivity index is 2.18. The monoisotopic (exact) mass is 254 g/mol. The van der Waals surface area contributed by atoms with E-state index in [1.807, 2.05) is 11.8 Å². The van der Waals surface area contributed by atoms with Crippen LogP contribution in [0.4, 0.5) is 11.9 Å². The number of nitrogens with two attached hydrogens (primary N) is 1. The average molecular weight is 254 g/mol. The number of rotatable bonds is 5. The Labute approximate surface area is 105 Å². The summed E-state index contributed by atoms with van der Waals surface area (Å²) in [6.07, 6.45) is 0.928. The zero-order valence-electron chi connectivity index (χ0n) is 10.3. The van der Waals surface area contributed by atoms with Crippen molar-refractivity contribution in [2.45, 2.75) is 13.3 Å². The summed E-state index contributed by atoms with van der Waals surface area (Å²) < 4.78 is 5.27. The Bertz CT molecular complexity index is 402. The van der Waals surface area contributed by atoms with Crippen molar-refractivity contribution in [1.82, 2.24) is 15.0 Å². The van der Waals surface area contributed by atoms with Crippen LogP contribution in [-0.4, -0.2) is 46.4 Å². The molecule has 0 aliphatic carbocycles. The molecule has 4 N–H and O–H groups in total. The van der Waals surface area contributed by atoms with Crippen LogP contribution in [-0.2, 0) is 0 Å². The standard InChI is InChI=1S/C10H18N6O2/c1-2-18-10-13-8(15-11)12-9(14-10)16-4-3-7(5-16)6-17/h7,17H,2-6,11H2,1H3,(H,12,13,14,15). The first-order valence-electron chi connectivity index (χ1n) is 5.98. The summed E-state index contributed by atoms with van der Waals surface area (Å²) in [4.78, 5) is 14.4. The van der Waals surface area contributed by atoms with Gasteiger partial charge in [-0.15, -0.1) is 0 Å². The van der Waals surface area contributed by atoms with E-state index in [1.165, 1.54) is 0 Å². The van der Waals surface area contributed by atoms with Crippen molar-refractivity contribution in [3.8, 4) is 6.01 Å². The van der Waals surface area contributed by atoms with Crippen LogP contribution in [0.5, 0.6) is 6.01 Å². The van der Waals surface area contributed by atoms with Gasteiger partial charge in [-0.1, -0.05) is 0 Å². The Morgan fingerprint density at radius 1 is 1.50 bits per heavy atom. The van der Waals surface area contributed by atoms with Crippen LogP contribution in [0.2, 0.25) is 0 Å². The maximum absolute atomic E-state index is 9.13. The Morgan fingerprint density at radius 2 is 2.33 bits per heavy atom. The van der Waals surface area contributed by atoms with Gasteiger partial charge in [0, 0.05) is 25.6 Å². The molecule has 0 spiro atoms. The highest BCUT2D eigenvalue weighted by molar-refractivity contribution is 5.38. The first-order chi connectivity index (χ1) is 8.76. The highest BCUT2D eigenvalue weighted by atomic mass is 16.5. The molecule has 2 rings (SSSR count). The van der Waals surface area contributed by atoms with E-state index in [1.54, 1.807) is 0 Å². The number of hydrazine groups is 1. The largest absolute Gasteiger partial charge is 0.464 e. The fourth-order valence-electron chi connectivity index (χ4n) is 1.91. The highest BCUT2D eigenvalue weighted by Crippen LogP contribution is 2.22.